The van der Waals surface area contributed by atoms with Crippen molar-refractivity contribution in [1.29, 1.82) is 0 Å². The fraction of sp³-hybridized carbons (Fsp3) is 0. The lowest BCUT2D eigenvalue weighted by molar-refractivity contribution is 1.08. The molecule has 3 nitrogen and oxygen atoms in total. The number of hydrogen-bond donors (Lipinski definition) is 0. The maximum absolute atomic E-state index is 5.56. The van der Waals surface area contributed by atoms with E-state index in [9.17, 15) is 0 Å². The summed E-state index contributed by atoms with van der Waals surface area (Å²) in [5.74, 6) is 0.889. The van der Waals surface area contributed by atoms with E-state index in [1.807, 2.05) is 0 Å². The molecule has 306 valence electrons. The van der Waals surface area contributed by atoms with E-state index in [2.05, 4.69) is 246 Å². The molecule has 0 atom stereocenters. The van der Waals surface area contributed by atoms with Gasteiger partial charge in [-0.3, -0.25) is 4.57 Å². The lowest BCUT2D eigenvalue weighted by Gasteiger charge is -2.14. The molecule has 0 N–H and O–H groups in total. The molecule has 0 bridgehead atoms. The molecule has 0 aliphatic heterocycles. The van der Waals surface area contributed by atoms with Crippen molar-refractivity contribution in [3.8, 4) is 67.3 Å². The molecule has 0 radical (unpaired) electrons. The SMILES string of the molecule is c1ccc(-c2ccc(-c3cc(-c4ccc(-c5ccccc5)cc4)nc(-n4c5cccc6ccc7c(-c8ccc9c%10c8ccc8cccc(c8%10)n9-c8ccccc8)ccc4c7c65)c3)cc2)cc1. The van der Waals surface area contributed by atoms with E-state index >= 15 is 0 Å². The van der Waals surface area contributed by atoms with Gasteiger partial charge in [-0.15, -0.1) is 0 Å². The van der Waals surface area contributed by atoms with E-state index in [1.54, 1.807) is 0 Å². The monoisotopic (exact) mass is 837 g/mol. The molecule has 0 unspecified atom stereocenters. The Morgan fingerprint density at radius 3 is 1.26 bits per heavy atom. The molecular formula is C63H39N3. The highest BCUT2D eigenvalue weighted by Crippen LogP contribution is 2.47. The Morgan fingerprint density at radius 2 is 0.712 bits per heavy atom. The summed E-state index contributed by atoms with van der Waals surface area (Å²) in [5.41, 5.74) is 17.4. The quantitative estimate of drug-likeness (QED) is 0.147. The number of para-hydroxylation sites is 1. The van der Waals surface area contributed by atoms with Gasteiger partial charge in [0.25, 0.3) is 0 Å². The largest absolute Gasteiger partial charge is 0.309 e. The van der Waals surface area contributed by atoms with Crippen LogP contribution in [-0.4, -0.2) is 14.1 Å². The topological polar surface area (TPSA) is 22.8 Å². The predicted octanol–water partition coefficient (Wildman–Crippen LogP) is 16.8. The number of nitrogens with zero attached hydrogens (tertiary/aromatic N) is 3. The summed E-state index contributed by atoms with van der Waals surface area (Å²) in [4.78, 5) is 5.56. The van der Waals surface area contributed by atoms with Gasteiger partial charge in [-0.2, -0.15) is 0 Å². The van der Waals surface area contributed by atoms with Gasteiger partial charge >= 0.3 is 0 Å². The van der Waals surface area contributed by atoms with Crippen LogP contribution in [-0.2, 0) is 0 Å². The zero-order chi connectivity index (χ0) is 43.3. The second-order valence-electron chi connectivity index (χ2n) is 17.5. The molecule has 14 aromatic rings. The maximum Gasteiger partial charge on any atom is 0.138 e. The Morgan fingerprint density at radius 1 is 0.273 bits per heavy atom. The lowest BCUT2D eigenvalue weighted by Crippen LogP contribution is -2.00. The first kappa shape index (κ1) is 36.7. The highest BCUT2D eigenvalue weighted by molar-refractivity contribution is 6.30. The molecule has 0 saturated heterocycles. The Bertz CT molecular complexity index is 4010. The van der Waals surface area contributed by atoms with E-state index in [-0.39, 0.29) is 0 Å². The van der Waals surface area contributed by atoms with Crippen LogP contribution in [0.3, 0.4) is 0 Å². The summed E-state index contributed by atoms with van der Waals surface area (Å²) < 4.78 is 4.82. The zero-order valence-electron chi connectivity index (χ0n) is 35.9. The summed E-state index contributed by atoms with van der Waals surface area (Å²) in [6, 6.07) is 86.2. The minimum Gasteiger partial charge on any atom is -0.309 e. The second kappa shape index (κ2) is 14.4. The van der Waals surface area contributed by atoms with Crippen molar-refractivity contribution >= 4 is 65.2 Å². The third-order valence-electron chi connectivity index (χ3n) is 13.9. The number of aromatic nitrogens is 3. The zero-order valence-corrected chi connectivity index (χ0v) is 35.9. The Labute approximate surface area is 381 Å². The number of pyridine rings is 1. The summed E-state index contributed by atoms with van der Waals surface area (Å²) in [7, 11) is 0. The highest BCUT2D eigenvalue weighted by atomic mass is 15.1. The summed E-state index contributed by atoms with van der Waals surface area (Å²) >= 11 is 0. The van der Waals surface area contributed by atoms with Crippen molar-refractivity contribution in [1.82, 2.24) is 14.1 Å². The fourth-order valence-electron chi connectivity index (χ4n) is 10.8. The van der Waals surface area contributed by atoms with Gasteiger partial charge in [-0.05, 0) is 115 Å². The van der Waals surface area contributed by atoms with E-state index in [0.29, 0.717) is 0 Å². The van der Waals surface area contributed by atoms with Gasteiger partial charge in [-0.25, -0.2) is 4.98 Å². The van der Waals surface area contributed by atoms with E-state index in [1.165, 1.54) is 93.2 Å². The molecule has 0 spiro atoms. The molecule has 14 rings (SSSR count). The van der Waals surface area contributed by atoms with E-state index < -0.39 is 0 Å². The Kier molecular flexibility index (Phi) is 7.98. The van der Waals surface area contributed by atoms with Crippen molar-refractivity contribution < 1.29 is 0 Å². The molecule has 0 aliphatic rings. The van der Waals surface area contributed by atoms with Gasteiger partial charge in [0.15, 0.2) is 0 Å². The van der Waals surface area contributed by atoms with Crippen LogP contribution in [0, 0.1) is 0 Å². The Hall–Kier alpha value is -8.79. The molecule has 3 aromatic heterocycles. The normalized spacial score (nSPS) is 11.9. The number of benzene rings is 11. The molecule has 0 saturated carbocycles. The third-order valence-corrected chi connectivity index (χ3v) is 13.9. The van der Waals surface area contributed by atoms with Gasteiger partial charge in [-0.1, -0.05) is 188 Å². The second-order valence-corrected chi connectivity index (χ2v) is 17.5. The van der Waals surface area contributed by atoms with Crippen molar-refractivity contribution in [2.24, 2.45) is 0 Å². The smallest absolute Gasteiger partial charge is 0.138 e. The van der Waals surface area contributed by atoms with Gasteiger partial charge in [0.2, 0.25) is 0 Å². The molecule has 66 heavy (non-hydrogen) atoms. The Balaban J connectivity index is 0.977. The maximum atomic E-state index is 5.56. The predicted molar refractivity (Wildman–Crippen MR) is 277 cm³/mol. The van der Waals surface area contributed by atoms with E-state index in [0.717, 1.165) is 39.2 Å². The van der Waals surface area contributed by atoms with Gasteiger partial charge in [0, 0.05) is 32.8 Å². The van der Waals surface area contributed by atoms with Gasteiger partial charge in [0.1, 0.15) is 5.82 Å². The molecule has 0 aliphatic carbocycles. The summed E-state index contributed by atoms with van der Waals surface area (Å²) in [6.07, 6.45) is 0. The first-order valence-electron chi connectivity index (χ1n) is 22.7. The van der Waals surface area contributed by atoms with Crippen LogP contribution in [0.5, 0.6) is 0 Å². The molecule has 11 aromatic carbocycles. The molecule has 0 amide bonds. The van der Waals surface area contributed by atoms with Crippen molar-refractivity contribution in [3.05, 3.63) is 237 Å². The van der Waals surface area contributed by atoms with Gasteiger partial charge < -0.3 is 4.57 Å². The minimum atomic E-state index is 0.889. The van der Waals surface area contributed by atoms with Crippen LogP contribution in [0.25, 0.3) is 132 Å². The van der Waals surface area contributed by atoms with Crippen LogP contribution in [0.2, 0.25) is 0 Å². The molecular weight excluding hydrogens is 799 g/mol. The third kappa shape index (κ3) is 5.54. The minimum absolute atomic E-state index is 0.889. The summed E-state index contributed by atoms with van der Waals surface area (Å²) in [5, 5.41) is 10.1. The van der Waals surface area contributed by atoms with Crippen molar-refractivity contribution in [2.45, 2.75) is 0 Å². The summed E-state index contributed by atoms with van der Waals surface area (Å²) in [6.45, 7) is 0. The van der Waals surface area contributed by atoms with Crippen molar-refractivity contribution in [3.63, 3.8) is 0 Å². The van der Waals surface area contributed by atoms with Crippen LogP contribution in [0.4, 0.5) is 0 Å². The standard InChI is InChI=1S/C63H39N3/c1-4-12-40(13-5-1)42-22-24-44(25-23-42)48-38-54(45-28-26-43(27-29-45)41-14-6-2-7-15-41)64-59(39-48)66-56-21-11-17-47-31-33-53-51(35-37-58(66)63(53)61(47)56)50-34-36-57-62-52(50)32-30-46-16-10-20-55(60(46)62)65(57)49-18-8-3-9-19-49/h1-39H. The average Bonchev–Trinajstić information content (AvgIpc) is 3.93. The number of rotatable bonds is 7. The first-order valence-corrected chi connectivity index (χ1v) is 22.7. The molecule has 3 heteroatoms. The first-order chi connectivity index (χ1) is 32.7. The van der Waals surface area contributed by atoms with Crippen molar-refractivity contribution in [2.75, 3.05) is 0 Å². The highest BCUT2D eigenvalue weighted by Gasteiger charge is 2.23. The average molecular weight is 838 g/mol. The molecule has 0 fully saturated rings. The lowest BCUT2D eigenvalue weighted by atomic mass is 9.90. The van der Waals surface area contributed by atoms with Crippen LogP contribution in [0.15, 0.2) is 237 Å². The van der Waals surface area contributed by atoms with Gasteiger partial charge in [0.05, 0.1) is 27.8 Å². The van der Waals surface area contributed by atoms with Crippen LogP contribution < -0.4 is 0 Å². The van der Waals surface area contributed by atoms with Crippen LogP contribution >= 0.6 is 0 Å². The molecule has 3 heterocycles. The van der Waals surface area contributed by atoms with E-state index in [4.69, 9.17) is 4.98 Å². The number of hydrogen-bond acceptors (Lipinski definition) is 1. The van der Waals surface area contributed by atoms with Crippen LogP contribution in [0.1, 0.15) is 0 Å². The fourth-order valence-corrected chi connectivity index (χ4v) is 10.8.